The molecule has 4 atom stereocenters. The third-order valence-corrected chi connectivity index (χ3v) is 8.65. The van der Waals surface area contributed by atoms with Gasteiger partial charge in [0.15, 0.2) is 0 Å². The SMILES string of the molecule is COC(=O)[C@H]1c2ccccc2O[C@@]12CC[C@H](C)C[C@H]2[Se]c1ccccc1. The van der Waals surface area contributed by atoms with Gasteiger partial charge in [-0.1, -0.05) is 0 Å². The van der Waals surface area contributed by atoms with Crippen LogP contribution in [0.4, 0.5) is 0 Å². The van der Waals surface area contributed by atoms with Crippen molar-refractivity contribution in [3.05, 3.63) is 60.2 Å². The number of fused-ring (bicyclic) bond motifs is 1. The average Bonchev–Trinajstić information content (AvgIpc) is 3.00. The molecule has 0 saturated heterocycles. The third kappa shape index (κ3) is 2.95. The molecule has 136 valence electrons. The Kier molecular flexibility index (Phi) is 4.81. The van der Waals surface area contributed by atoms with Gasteiger partial charge in [-0.15, -0.1) is 0 Å². The summed E-state index contributed by atoms with van der Waals surface area (Å²) in [5, 5.41) is 0. The molecule has 1 heterocycles. The van der Waals surface area contributed by atoms with Crippen LogP contribution in [0, 0.1) is 5.92 Å². The van der Waals surface area contributed by atoms with Gasteiger partial charge < -0.3 is 0 Å². The number of carbonyl (C=O) groups excluding carboxylic acids is 1. The first-order valence-corrected chi connectivity index (χ1v) is 11.1. The summed E-state index contributed by atoms with van der Waals surface area (Å²) in [6.07, 6.45) is 3.08. The molecule has 2 aromatic carbocycles. The molecule has 1 aliphatic heterocycles. The minimum atomic E-state index is -0.473. The molecule has 4 heteroatoms. The van der Waals surface area contributed by atoms with Gasteiger partial charge in [0.2, 0.25) is 0 Å². The zero-order chi connectivity index (χ0) is 18.1. The number of ether oxygens (including phenoxy) is 2. The van der Waals surface area contributed by atoms with Crippen LogP contribution in [0.25, 0.3) is 0 Å². The topological polar surface area (TPSA) is 35.5 Å². The predicted molar refractivity (Wildman–Crippen MR) is 103 cm³/mol. The molecule has 4 rings (SSSR count). The van der Waals surface area contributed by atoms with Gasteiger partial charge in [-0.25, -0.2) is 0 Å². The third-order valence-electron chi connectivity index (χ3n) is 5.67. The molecule has 26 heavy (non-hydrogen) atoms. The van der Waals surface area contributed by atoms with E-state index in [0.717, 1.165) is 30.6 Å². The molecular formula is C22H24O3Se. The van der Waals surface area contributed by atoms with Gasteiger partial charge in [-0.05, 0) is 0 Å². The van der Waals surface area contributed by atoms with Crippen LogP contribution < -0.4 is 9.20 Å². The zero-order valence-corrected chi connectivity index (χ0v) is 16.9. The van der Waals surface area contributed by atoms with Crippen molar-refractivity contribution in [2.24, 2.45) is 5.92 Å². The molecule has 0 N–H and O–H groups in total. The van der Waals surface area contributed by atoms with E-state index in [9.17, 15) is 4.79 Å². The second-order valence-corrected chi connectivity index (χ2v) is 10.0. The van der Waals surface area contributed by atoms with Gasteiger partial charge in [0.05, 0.1) is 0 Å². The molecular weight excluding hydrogens is 391 g/mol. The molecule has 0 aromatic heterocycles. The standard InChI is InChI=1S/C22H24O3Se/c1-15-12-13-22(19(14-15)26-16-8-4-3-5-9-16)20(21(23)24-2)17-10-6-7-11-18(17)25-22/h3-11,15,19-20H,12-14H2,1-2H3/t15-,19+,20+,22+/m0/s1. The Labute approximate surface area is 161 Å². The molecule has 1 spiro atoms. The van der Waals surface area contributed by atoms with Crippen LogP contribution in [0.5, 0.6) is 5.75 Å². The van der Waals surface area contributed by atoms with Crippen LogP contribution in [-0.4, -0.2) is 33.6 Å². The fourth-order valence-corrected chi connectivity index (χ4v) is 7.65. The van der Waals surface area contributed by atoms with Crippen molar-refractivity contribution >= 4 is 25.4 Å². The summed E-state index contributed by atoms with van der Waals surface area (Å²) in [4.78, 5) is 13.2. The van der Waals surface area contributed by atoms with Gasteiger partial charge in [0.1, 0.15) is 0 Å². The summed E-state index contributed by atoms with van der Waals surface area (Å²) < 4.78 is 13.2. The van der Waals surface area contributed by atoms with Gasteiger partial charge >= 0.3 is 161 Å². The van der Waals surface area contributed by atoms with Crippen molar-refractivity contribution in [2.45, 2.75) is 42.5 Å². The summed E-state index contributed by atoms with van der Waals surface area (Å²) in [5.41, 5.74) is 0.516. The Morgan fingerprint density at radius 3 is 2.65 bits per heavy atom. The van der Waals surface area contributed by atoms with E-state index in [1.54, 1.807) is 0 Å². The quantitative estimate of drug-likeness (QED) is 0.566. The molecule has 2 aliphatic rings. The summed E-state index contributed by atoms with van der Waals surface area (Å²) in [5.74, 6) is 1.01. The van der Waals surface area contributed by atoms with Crippen LogP contribution >= 0.6 is 0 Å². The van der Waals surface area contributed by atoms with Gasteiger partial charge in [0, 0.05) is 0 Å². The van der Waals surface area contributed by atoms with Crippen LogP contribution in [0.15, 0.2) is 54.6 Å². The van der Waals surface area contributed by atoms with E-state index in [1.807, 2.05) is 24.3 Å². The van der Waals surface area contributed by atoms with Gasteiger partial charge in [0.25, 0.3) is 0 Å². The number of hydrogen-bond acceptors (Lipinski definition) is 3. The number of benzene rings is 2. The van der Waals surface area contributed by atoms with Crippen LogP contribution in [0.1, 0.15) is 37.7 Å². The second kappa shape index (κ2) is 7.09. The van der Waals surface area contributed by atoms with Crippen LogP contribution in [-0.2, 0) is 9.53 Å². The van der Waals surface area contributed by atoms with Gasteiger partial charge in [-0.3, -0.25) is 0 Å². The first-order valence-electron chi connectivity index (χ1n) is 9.21. The summed E-state index contributed by atoms with van der Waals surface area (Å²) in [7, 11) is 1.49. The summed E-state index contributed by atoms with van der Waals surface area (Å²) in [6, 6.07) is 18.6. The number of carbonyl (C=O) groups is 1. The number of methoxy groups -OCH3 is 1. The molecule has 0 bridgehead atoms. The fourth-order valence-electron chi connectivity index (χ4n) is 4.36. The van der Waals surface area contributed by atoms with Crippen molar-refractivity contribution in [3.8, 4) is 5.75 Å². The number of esters is 1. The Hall–Kier alpha value is -1.77. The van der Waals surface area contributed by atoms with E-state index in [-0.39, 0.29) is 26.8 Å². The maximum absolute atomic E-state index is 12.8. The Bertz CT molecular complexity index is 791. The zero-order valence-electron chi connectivity index (χ0n) is 15.2. The Balaban J connectivity index is 1.76. The Morgan fingerprint density at radius 2 is 1.88 bits per heavy atom. The Morgan fingerprint density at radius 1 is 1.15 bits per heavy atom. The molecule has 3 nitrogen and oxygen atoms in total. The first-order chi connectivity index (χ1) is 12.6. The second-order valence-electron chi connectivity index (χ2n) is 7.35. The minimum absolute atomic E-state index is 0.168. The van der Waals surface area contributed by atoms with Crippen LogP contribution in [0.2, 0.25) is 4.82 Å². The van der Waals surface area contributed by atoms with Crippen molar-refractivity contribution in [1.29, 1.82) is 0 Å². The number of rotatable bonds is 3. The fraction of sp³-hybridized carbons (Fsp3) is 0.409. The van der Waals surface area contributed by atoms with E-state index in [1.165, 1.54) is 11.6 Å². The molecule has 0 amide bonds. The van der Waals surface area contributed by atoms with E-state index in [4.69, 9.17) is 9.47 Å². The number of para-hydroxylation sites is 1. The summed E-state index contributed by atoms with van der Waals surface area (Å²) >= 11 is 0.240. The van der Waals surface area contributed by atoms with Crippen molar-refractivity contribution < 1.29 is 14.3 Å². The normalized spacial score (nSPS) is 29.8. The molecule has 1 saturated carbocycles. The monoisotopic (exact) mass is 416 g/mol. The summed E-state index contributed by atoms with van der Waals surface area (Å²) in [6.45, 7) is 2.32. The molecule has 0 radical (unpaired) electrons. The van der Waals surface area contributed by atoms with E-state index < -0.39 is 5.60 Å². The average molecular weight is 415 g/mol. The van der Waals surface area contributed by atoms with E-state index in [0.29, 0.717) is 10.7 Å². The molecule has 1 fully saturated rings. The van der Waals surface area contributed by atoms with Crippen LogP contribution in [0.3, 0.4) is 0 Å². The molecule has 0 unspecified atom stereocenters. The molecule has 1 aliphatic carbocycles. The predicted octanol–water partition coefficient (Wildman–Crippen LogP) is 3.71. The van der Waals surface area contributed by atoms with Crippen molar-refractivity contribution in [3.63, 3.8) is 0 Å². The maximum atomic E-state index is 12.8. The number of hydrogen-bond donors (Lipinski definition) is 0. The van der Waals surface area contributed by atoms with Crippen molar-refractivity contribution in [2.75, 3.05) is 7.11 Å². The molecule has 2 aromatic rings. The first kappa shape index (κ1) is 17.6. The van der Waals surface area contributed by atoms with E-state index in [2.05, 4.69) is 37.3 Å². The van der Waals surface area contributed by atoms with E-state index >= 15 is 0 Å². The van der Waals surface area contributed by atoms with Gasteiger partial charge in [-0.2, -0.15) is 0 Å². The van der Waals surface area contributed by atoms with Crippen molar-refractivity contribution in [1.82, 2.24) is 0 Å².